The summed E-state index contributed by atoms with van der Waals surface area (Å²) in [6.07, 6.45) is -0.755. The lowest BCUT2D eigenvalue weighted by Gasteiger charge is -2.19. The number of carbonyl (C=O) groups is 3. The van der Waals surface area contributed by atoms with Crippen molar-refractivity contribution in [1.29, 1.82) is 0 Å². The van der Waals surface area contributed by atoms with Crippen molar-refractivity contribution >= 4 is 46.0 Å². The van der Waals surface area contributed by atoms with E-state index in [0.717, 1.165) is 11.3 Å². The molecule has 1 heterocycles. The van der Waals surface area contributed by atoms with Gasteiger partial charge in [0.1, 0.15) is 15.6 Å². The minimum Gasteiger partial charge on any atom is -0.444 e. The Labute approximate surface area is 178 Å². The second kappa shape index (κ2) is 8.51. The molecule has 1 amide bonds. The molecule has 0 aliphatic heterocycles. The van der Waals surface area contributed by atoms with Crippen LogP contribution in [0.25, 0.3) is 10.6 Å². The van der Waals surface area contributed by atoms with Crippen molar-refractivity contribution in [2.45, 2.75) is 47.1 Å². The molecule has 1 N–H and O–H groups in total. The average molecular weight is 439 g/mol. The van der Waals surface area contributed by atoms with Gasteiger partial charge in [0.25, 0.3) is 0 Å². The van der Waals surface area contributed by atoms with Crippen molar-refractivity contribution in [3.63, 3.8) is 0 Å². The molecule has 0 aliphatic carbocycles. The number of hydrogen-bond acceptors (Lipinski definition) is 7. The van der Waals surface area contributed by atoms with E-state index in [9.17, 15) is 14.4 Å². The molecular formula is C20H23ClN2O5S. The van der Waals surface area contributed by atoms with Crippen LogP contribution in [0.1, 0.15) is 52.0 Å². The van der Waals surface area contributed by atoms with Gasteiger partial charge in [-0.25, -0.2) is 14.6 Å². The summed E-state index contributed by atoms with van der Waals surface area (Å²) in [5.74, 6) is -1.66. The Morgan fingerprint density at radius 1 is 1.10 bits per heavy atom. The number of benzene rings is 1. The second-order valence-corrected chi connectivity index (χ2v) is 9.70. The van der Waals surface area contributed by atoms with Gasteiger partial charge in [-0.3, -0.25) is 10.1 Å². The van der Waals surface area contributed by atoms with Gasteiger partial charge in [0.2, 0.25) is 0 Å². The van der Waals surface area contributed by atoms with Gasteiger partial charge in [0.15, 0.2) is 5.69 Å². The summed E-state index contributed by atoms with van der Waals surface area (Å²) >= 11 is 7.08. The van der Waals surface area contributed by atoms with Gasteiger partial charge in [0.05, 0.1) is 5.41 Å². The second-order valence-electron chi connectivity index (χ2n) is 8.26. The zero-order chi connectivity index (χ0) is 22.0. The first-order valence-electron chi connectivity index (χ1n) is 8.79. The number of carbonyl (C=O) groups excluding carboxylic acids is 3. The van der Waals surface area contributed by atoms with E-state index in [2.05, 4.69) is 10.3 Å². The number of thiazole rings is 1. The quantitative estimate of drug-likeness (QED) is 0.499. The molecule has 156 valence electrons. The lowest BCUT2D eigenvalue weighted by Crippen LogP contribution is -2.28. The number of esters is 2. The first kappa shape index (κ1) is 22.8. The smallest absolute Gasteiger partial charge is 0.412 e. The molecule has 0 bridgehead atoms. The molecule has 1 aromatic carbocycles. The third-order valence-electron chi connectivity index (χ3n) is 3.30. The summed E-state index contributed by atoms with van der Waals surface area (Å²) in [5, 5.41) is 3.54. The van der Waals surface area contributed by atoms with Crippen LogP contribution in [-0.2, 0) is 14.3 Å². The van der Waals surface area contributed by atoms with Gasteiger partial charge in [-0.05, 0) is 53.7 Å². The van der Waals surface area contributed by atoms with Crippen molar-refractivity contribution in [2.75, 3.05) is 5.32 Å². The van der Waals surface area contributed by atoms with Crippen molar-refractivity contribution < 1.29 is 23.9 Å². The largest absolute Gasteiger partial charge is 0.444 e. The first-order chi connectivity index (χ1) is 13.3. The fourth-order valence-corrected chi connectivity index (χ4v) is 3.10. The molecule has 0 saturated heterocycles. The van der Waals surface area contributed by atoms with Crippen molar-refractivity contribution in [1.82, 2.24) is 4.98 Å². The number of halogens is 1. The lowest BCUT2D eigenvalue weighted by atomic mass is 9.97. The summed E-state index contributed by atoms with van der Waals surface area (Å²) in [5.41, 5.74) is -1.14. The van der Waals surface area contributed by atoms with E-state index in [0.29, 0.717) is 15.6 Å². The van der Waals surface area contributed by atoms with Gasteiger partial charge in [-0.15, -0.1) is 0 Å². The van der Waals surface area contributed by atoms with Gasteiger partial charge in [-0.1, -0.05) is 35.1 Å². The number of nitrogens with zero attached hydrogens (tertiary/aromatic N) is 1. The maximum atomic E-state index is 12.6. The average Bonchev–Trinajstić information content (AvgIpc) is 2.95. The van der Waals surface area contributed by atoms with E-state index >= 15 is 0 Å². The van der Waals surface area contributed by atoms with Gasteiger partial charge in [0, 0.05) is 10.6 Å². The Bertz CT molecular complexity index is 941. The van der Waals surface area contributed by atoms with Crippen molar-refractivity contribution in [2.24, 2.45) is 5.41 Å². The Morgan fingerprint density at radius 2 is 1.76 bits per heavy atom. The van der Waals surface area contributed by atoms with Crippen LogP contribution in [0.3, 0.4) is 0 Å². The molecule has 2 rings (SSSR count). The molecule has 0 fully saturated rings. The maximum absolute atomic E-state index is 12.6. The normalized spacial score (nSPS) is 11.7. The fraction of sp³-hybridized carbons (Fsp3) is 0.400. The highest BCUT2D eigenvalue weighted by Crippen LogP contribution is 2.34. The molecule has 2 aromatic rings. The van der Waals surface area contributed by atoms with Crippen LogP contribution in [0, 0.1) is 5.41 Å². The SMILES string of the molecule is CC(C)(C)OC(=O)Nc1sc(-c2cccc(Cl)c2)nc1C(=O)OC(=O)C(C)(C)C. The fourth-order valence-electron chi connectivity index (χ4n) is 1.97. The van der Waals surface area contributed by atoms with Crippen LogP contribution >= 0.6 is 22.9 Å². The summed E-state index contributed by atoms with van der Waals surface area (Å²) in [7, 11) is 0. The Morgan fingerprint density at radius 3 is 2.31 bits per heavy atom. The van der Waals surface area contributed by atoms with Crippen LogP contribution in [-0.4, -0.2) is 28.6 Å². The maximum Gasteiger partial charge on any atom is 0.412 e. The molecule has 0 radical (unpaired) electrons. The number of anilines is 1. The van der Waals surface area contributed by atoms with Crippen molar-refractivity contribution in [3.05, 3.63) is 35.0 Å². The van der Waals surface area contributed by atoms with E-state index < -0.39 is 29.0 Å². The summed E-state index contributed by atoms with van der Waals surface area (Å²) in [6, 6.07) is 6.88. The van der Waals surface area contributed by atoms with Gasteiger partial charge in [-0.2, -0.15) is 0 Å². The Kier molecular flexibility index (Phi) is 6.70. The van der Waals surface area contributed by atoms with Gasteiger partial charge >= 0.3 is 18.0 Å². The standard InChI is InChI=1S/C20H23ClN2O5S/c1-19(2,3)17(25)27-16(24)13-15(23-18(26)28-20(4,5)6)29-14(22-13)11-8-7-9-12(21)10-11/h7-10H,1-6H3,(H,23,26). The van der Waals surface area contributed by atoms with E-state index in [1.54, 1.807) is 65.8 Å². The third kappa shape index (κ3) is 6.54. The van der Waals surface area contributed by atoms with Crippen LogP contribution in [0.15, 0.2) is 24.3 Å². The molecule has 9 heteroatoms. The summed E-state index contributed by atoms with van der Waals surface area (Å²) < 4.78 is 10.2. The van der Waals surface area contributed by atoms with Crippen molar-refractivity contribution in [3.8, 4) is 10.6 Å². The van der Waals surface area contributed by atoms with Gasteiger partial charge < -0.3 is 9.47 Å². The van der Waals surface area contributed by atoms with E-state index in [4.69, 9.17) is 21.1 Å². The number of nitrogens with one attached hydrogen (secondary N) is 1. The topological polar surface area (TPSA) is 94.6 Å². The lowest BCUT2D eigenvalue weighted by molar-refractivity contribution is -0.146. The minimum atomic E-state index is -0.958. The highest BCUT2D eigenvalue weighted by molar-refractivity contribution is 7.19. The zero-order valence-electron chi connectivity index (χ0n) is 17.1. The monoisotopic (exact) mass is 438 g/mol. The number of aromatic nitrogens is 1. The van der Waals surface area contributed by atoms with E-state index in [1.807, 2.05) is 0 Å². The molecule has 0 spiro atoms. The molecule has 1 aromatic heterocycles. The van der Waals surface area contributed by atoms with E-state index in [-0.39, 0.29) is 10.7 Å². The number of ether oxygens (including phenoxy) is 2. The van der Waals surface area contributed by atoms with Crippen LogP contribution < -0.4 is 5.32 Å². The molecule has 0 aliphatic rings. The first-order valence-corrected chi connectivity index (χ1v) is 9.99. The zero-order valence-corrected chi connectivity index (χ0v) is 18.7. The van der Waals surface area contributed by atoms with E-state index in [1.165, 1.54) is 0 Å². The summed E-state index contributed by atoms with van der Waals surface area (Å²) in [4.78, 5) is 41.1. The Balaban J connectivity index is 2.39. The molecule has 7 nitrogen and oxygen atoms in total. The number of rotatable bonds is 3. The highest BCUT2D eigenvalue weighted by Gasteiger charge is 2.30. The molecular weight excluding hydrogens is 416 g/mol. The van der Waals surface area contributed by atoms with Crippen LogP contribution in [0.5, 0.6) is 0 Å². The third-order valence-corrected chi connectivity index (χ3v) is 4.56. The molecule has 0 saturated carbocycles. The Hall–Kier alpha value is -2.45. The molecule has 0 unspecified atom stereocenters. The number of hydrogen-bond donors (Lipinski definition) is 1. The highest BCUT2D eigenvalue weighted by atomic mass is 35.5. The molecule has 0 atom stereocenters. The molecule has 29 heavy (non-hydrogen) atoms. The predicted molar refractivity (Wildman–Crippen MR) is 112 cm³/mol. The number of amides is 1. The van der Waals surface area contributed by atoms with Crippen LogP contribution in [0.2, 0.25) is 5.02 Å². The summed E-state index contributed by atoms with van der Waals surface area (Å²) in [6.45, 7) is 10.0. The predicted octanol–water partition coefficient (Wildman–Crippen LogP) is 5.54. The van der Waals surface area contributed by atoms with Crippen LogP contribution in [0.4, 0.5) is 9.80 Å². The minimum absolute atomic E-state index is 0.112.